The van der Waals surface area contributed by atoms with Crippen LogP contribution in [-0.4, -0.2) is 5.97 Å². The summed E-state index contributed by atoms with van der Waals surface area (Å²) in [7, 11) is 0. The minimum absolute atomic E-state index is 0.236. The van der Waals surface area contributed by atoms with Gasteiger partial charge in [-0.2, -0.15) is 11.3 Å². The number of ether oxygens (including phenoxy) is 1. The van der Waals surface area contributed by atoms with Gasteiger partial charge in [-0.3, -0.25) is 0 Å². The molecule has 0 amide bonds. The van der Waals surface area contributed by atoms with Crippen LogP contribution in [0.3, 0.4) is 0 Å². The van der Waals surface area contributed by atoms with Crippen LogP contribution in [0.2, 0.25) is 0 Å². The van der Waals surface area contributed by atoms with Crippen molar-refractivity contribution in [3.05, 3.63) is 46.5 Å². The molecule has 0 saturated carbocycles. The van der Waals surface area contributed by atoms with Crippen molar-refractivity contribution in [2.45, 2.75) is 6.61 Å². The molecule has 0 aliphatic rings. The first-order valence-corrected chi connectivity index (χ1v) is 5.02. The second-order valence-corrected chi connectivity index (χ2v) is 3.47. The molecule has 0 fully saturated rings. The number of hydrogen-bond acceptors (Lipinski definition) is 4. The maximum atomic E-state index is 11.3. The highest BCUT2D eigenvalue weighted by atomic mass is 32.1. The SMILES string of the molecule is O=C(OCc1ccsc1)c1ccco1. The normalized spacial score (nSPS) is 10.0. The van der Waals surface area contributed by atoms with Gasteiger partial charge in [0.25, 0.3) is 0 Å². The molecule has 0 radical (unpaired) electrons. The zero-order valence-corrected chi connectivity index (χ0v) is 8.12. The second kappa shape index (κ2) is 4.11. The number of rotatable bonds is 3. The molecular formula is C10H8O3S. The van der Waals surface area contributed by atoms with Crippen LogP contribution in [0.4, 0.5) is 0 Å². The molecule has 0 bridgehead atoms. The summed E-state index contributed by atoms with van der Waals surface area (Å²) in [5.74, 6) is -0.193. The van der Waals surface area contributed by atoms with E-state index in [0.717, 1.165) is 5.56 Å². The molecule has 2 rings (SSSR count). The summed E-state index contributed by atoms with van der Waals surface area (Å²) in [6, 6.07) is 5.15. The number of furan rings is 1. The van der Waals surface area contributed by atoms with E-state index in [-0.39, 0.29) is 5.76 Å². The first-order valence-electron chi connectivity index (χ1n) is 4.08. The van der Waals surface area contributed by atoms with E-state index in [1.165, 1.54) is 6.26 Å². The fraction of sp³-hybridized carbons (Fsp3) is 0.100. The van der Waals surface area contributed by atoms with E-state index >= 15 is 0 Å². The fourth-order valence-corrected chi connectivity index (χ4v) is 1.64. The quantitative estimate of drug-likeness (QED) is 0.728. The zero-order valence-electron chi connectivity index (χ0n) is 7.30. The van der Waals surface area contributed by atoms with Crippen LogP contribution in [0.25, 0.3) is 0 Å². The summed E-state index contributed by atoms with van der Waals surface area (Å²) < 4.78 is 9.90. The van der Waals surface area contributed by atoms with Crippen molar-refractivity contribution in [3.63, 3.8) is 0 Å². The Hall–Kier alpha value is -1.55. The summed E-state index contributed by atoms with van der Waals surface area (Å²) in [5, 5.41) is 3.88. The maximum Gasteiger partial charge on any atom is 0.374 e. The lowest BCUT2D eigenvalue weighted by atomic mass is 10.4. The highest BCUT2D eigenvalue weighted by molar-refractivity contribution is 7.07. The fourth-order valence-electron chi connectivity index (χ4n) is 0.989. The summed E-state index contributed by atoms with van der Waals surface area (Å²) in [5.41, 5.74) is 0.995. The Balaban J connectivity index is 1.90. The van der Waals surface area contributed by atoms with E-state index in [4.69, 9.17) is 9.15 Å². The van der Waals surface area contributed by atoms with Gasteiger partial charge >= 0.3 is 5.97 Å². The van der Waals surface area contributed by atoms with Crippen molar-refractivity contribution in [2.24, 2.45) is 0 Å². The van der Waals surface area contributed by atoms with E-state index in [1.807, 2.05) is 16.8 Å². The van der Waals surface area contributed by atoms with Crippen LogP contribution >= 0.6 is 11.3 Å². The Morgan fingerprint density at radius 2 is 2.43 bits per heavy atom. The molecule has 0 atom stereocenters. The summed E-state index contributed by atoms with van der Waals surface area (Å²) in [6.45, 7) is 0.295. The van der Waals surface area contributed by atoms with Crippen molar-refractivity contribution < 1.29 is 13.9 Å². The van der Waals surface area contributed by atoms with E-state index in [9.17, 15) is 4.79 Å². The molecule has 14 heavy (non-hydrogen) atoms. The first-order chi connectivity index (χ1) is 6.86. The van der Waals surface area contributed by atoms with Crippen molar-refractivity contribution in [1.82, 2.24) is 0 Å². The number of thiophene rings is 1. The number of carbonyl (C=O) groups is 1. The summed E-state index contributed by atoms with van der Waals surface area (Å²) in [6.07, 6.45) is 1.45. The predicted octanol–water partition coefficient (Wildman–Crippen LogP) is 2.70. The van der Waals surface area contributed by atoms with Gasteiger partial charge in [0.05, 0.1) is 6.26 Å². The van der Waals surface area contributed by atoms with Crippen LogP contribution < -0.4 is 0 Å². The van der Waals surface area contributed by atoms with Crippen LogP contribution in [0.15, 0.2) is 39.6 Å². The lowest BCUT2D eigenvalue weighted by Crippen LogP contribution is -2.03. The number of carbonyl (C=O) groups excluding carboxylic acids is 1. The largest absolute Gasteiger partial charge is 0.457 e. The van der Waals surface area contributed by atoms with Crippen molar-refractivity contribution in [1.29, 1.82) is 0 Å². The Kier molecular flexibility index (Phi) is 2.65. The Bertz CT molecular complexity index is 389. The molecule has 72 valence electrons. The average molecular weight is 208 g/mol. The third-order valence-corrected chi connectivity index (χ3v) is 2.40. The molecule has 0 unspecified atom stereocenters. The second-order valence-electron chi connectivity index (χ2n) is 2.69. The lowest BCUT2D eigenvalue weighted by Gasteiger charge is -1.99. The van der Waals surface area contributed by atoms with Gasteiger partial charge in [0, 0.05) is 5.56 Å². The van der Waals surface area contributed by atoms with Crippen LogP contribution in [0, 0.1) is 0 Å². The topological polar surface area (TPSA) is 39.4 Å². The Morgan fingerprint density at radius 3 is 3.07 bits per heavy atom. The molecule has 0 N–H and O–H groups in total. The van der Waals surface area contributed by atoms with Gasteiger partial charge in [-0.05, 0) is 29.0 Å². The van der Waals surface area contributed by atoms with E-state index in [1.54, 1.807) is 23.5 Å². The standard InChI is InChI=1S/C10H8O3S/c11-10(9-2-1-4-12-9)13-6-8-3-5-14-7-8/h1-5,7H,6H2. The van der Waals surface area contributed by atoms with Gasteiger partial charge in [0.15, 0.2) is 0 Å². The molecule has 4 heteroatoms. The molecule has 0 saturated heterocycles. The first kappa shape index (κ1) is 9.02. The molecule has 0 aliphatic heterocycles. The number of esters is 1. The van der Waals surface area contributed by atoms with E-state index in [0.29, 0.717) is 6.61 Å². The molecule has 2 heterocycles. The van der Waals surface area contributed by atoms with Gasteiger partial charge in [-0.15, -0.1) is 0 Å². The van der Waals surface area contributed by atoms with Crippen molar-refractivity contribution in [3.8, 4) is 0 Å². The lowest BCUT2D eigenvalue weighted by molar-refractivity contribution is 0.0436. The minimum Gasteiger partial charge on any atom is -0.457 e. The third kappa shape index (κ3) is 2.03. The molecule has 2 aromatic rings. The highest BCUT2D eigenvalue weighted by Crippen LogP contribution is 2.09. The number of hydrogen-bond donors (Lipinski definition) is 0. The highest BCUT2D eigenvalue weighted by Gasteiger charge is 2.09. The smallest absolute Gasteiger partial charge is 0.374 e. The van der Waals surface area contributed by atoms with E-state index in [2.05, 4.69) is 0 Å². The van der Waals surface area contributed by atoms with Crippen LogP contribution in [-0.2, 0) is 11.3 Å². The molecular weight excluding hydrogens is 200 g/mol. The molecule has 0 aliphatic carbocycles. The van der Waals surface area contributed by atoms with Gasteiger partial charge < -0.3 is 9.15 Å². The molecule has 2 aromatic heterocycles. The molecule has 0 aromatic carbocycles. The van der Waals surface area contributed by atoms with Crippen molar-refractivity contribution >= 4 is 17.3 Å². The zero-order chi connectivity index (χ0) is 9.80. The Morgan fingerprint density at radius 1 is 1.50 bits per heavy atom. The van der Waals surface area contributed by atoms with Gasteiger partial charge in [0.1, 0.15) is 6.61 Å². The van der Waals surface area contributed by atoms with Crippen LogP contribution in [0.5, 0.6) is 0 Å². The van der Waals surface area contributed by atoms with Crippen molar-refractivity contribution in [2.75, 3.05) is 0 Å². The predicted molar refractivity (Wildman–Crippen MR) is 52.1 cm³/mol. The minimum atomic E-state index is -0.429. The maximum absolute atomic E-state index is 11.3. The monoisotopic (exact) mass is 208 g/mol. The van der Waals surface area contributed by atoms with Gasteiger partial charge in [-0.1, -0.05) is 0 Å². The van der Waals surface area contributed by atoms with Crippen LogP contribution in [0.1, 0.15) is 16.1 Å². The summed E-state index contributed by atoms with van der Waals surface area (Å²) in [4.78, 5) is 11.3. The molecule has 3 nitrogen and oxygen atoms in total. The summed E-state index contributed by atoms with van der Waals surface area (Å²) >= 11 is 1.57. The Labute approximate surface area is 84.9 Å². The molecule has 0 spiro atoms. The van der Waals surface area contributed by atoms with Gasteiger partial charge in [0.2, 0.25) is 5.76 Å². The van der Waals surface area contributed by atoms with Gasteiger partial charge in [-0.25, -0.2) is 4.79 Å². The third-order valence-electron chi connectivity index (χ3n) is 1.67. The van der Waals surface area contributed by atoms with E-state index < -0.39 is 5.97 Å². The average Bonchev–Trinajstić information content (AvgIpc) is 2.87.